The van der Waals surface area contributed by atoms with Crippen LogP contribution in [0.3, 0.4) is 0 Å². The van der Waals surface area contributed by atoms with Gasteiger partial charge in [0, 0.05) is 19.0 Å². The highest BCUT2D eigenvalue weighted by atomic mass is 16.6. The average molecular weight is 296 g/mol. The summed E-state index contributed by atoms with van der Waals surface area (Å²) in [5, 5.41) is 21.7. The second-order valence-electron chi connectivity index (χ2n) is 4.25. The van der Waals surface area contributed by atoms with Crippen molar-refractivity contribution in [2.75, 3.05) is 13.7 Å². The molecule has 0 atom stereocenters. The molecule has 0 unspecified atom stereocenters. The van der Waals surface area contributed by atoms with Gasteiger partial charge in [0.05, 0.1) is 23.7 Å². The highest BCUT2D eigenvalue weighted by molar-refractivity contribution is 5.97. The summed E-state index contributed by atoms with van der Waals surface area (Å²) < 4.78 is 4.97. The van der Waals surface area contributed by atoms with Gasteiger partial charge >= 0.3 is 5.97 Å². The Morgan fingerprint density at radius 3 is 2.67 bits per heavy atom. The van der Waals surface area contributed by atoms with Crippen LogP contribution in [0.2, 0.25) is 0 Å². The second-order valence-corrected chi connectivity index (χ2v) is 4.25. The molecule has 1 aromatic carbocycles. The smallest absolute Gasteiger partial charge is 0.303 e. The molecule has 0 aliphatic carbocycles. The molecule has 1 aromatic rings. The lowest BCUT2D eigenvalue weighted by Crippen LogP contribution is -2.25. The van der Waals surface area contributed by atoms with E-state index in [0.717, 1.165) is 0 Å². The van der Waals surface area contributed by atoms with Crippen LogP contribution in [0.25, 0.3) is 0 Å². The highest BCUT2D eigenvalue weighted by Gasteiger charge is 2.16. The summed E-state index contributed by atoms with van der Waals surface area (Å²) in [6, 6.07) is 3.73. The first kappa shape index (κ1) is 16.4. The van der Waals surface area contributed by atoms with E-state index in [4.69, 9.17) is 9.84 Å². The van der Waals surface area contributed by atoms with Gasteiger partial charge in [0.15, 0.2) is 0 Å². The number of carbonyl (C=O) groups is 2. The number of nitro groups is 1. The minimum Gasteiger partial charge on any atom is -0.496 e. The van der Waals surface area contributed by atoms with Crippen LogP contribution in [-0.2, 0) is 4.79 Å². The van der Waals surface area contributed by atoms with Crippen molar-refractivity contribution in [3.8, 4) is 5.75 Å². The van der Waals surface area contributed by atoms with E-state index in [1.54, 1.807) is 0 Å². The van der Waals surface area contributed by atoms with Crippen molar-refractivity contribution >= 4 is 17.6 Å². The van der Waals surface area contributed by atoms with Crippen LogP contribution in [-0.4, -0.2) is 35.6 Å². The zero-order valence-electron chi connectivity index (χ0n) is 11.5. The molecule has 114 valence electrons. The molecule has 8 heteroatoms. The summed E-state index contributed by atoms with van der Waals surface area (Å²) >= 11 is 0. The number of non-ortho nitro benzene ring substituents is 1. The Kier molecular flexibility index (Phi) is 6.12. The number of nitro benzene ring substituents is 1. The quantitative estimate of drug-likeness (QED) is 0.427. The minimum absolute atomic E-state index is 0.0523. The predicted octanol–water partition coefficient (Wildman–Crippen LogP) is 1.59. The average Bonchev–Trinajstić information content (AvgIpc) is 2.45. The summed E-state index contributed by atoms with van der Waals surface area (Å²) in [4.78, 5) is 32.3. The number of aliphatic carboxylic acids is 1. The normalized spacial score (nSPS) is 9.95. The van der Waals surface area contributed by atoms with Crippen molar-refractivity contribution in [2.45, 2.75) is 19.3 Å². The number of methoxy groups -OCH3 is 1. The molecular formula is C13H16N2O6. The number of nitrogens with zero attached hydrogens (tertiary/aromatic N) is 1. The lowest BCUT2D eigenvalue weighted by Gasteiger charge is -2.09. The maximum absolute atomic E-state index is 11.9. The zero-order valence-corrected chi connectivity index (χ0v) is 11.5. The summed E-state index contributed by atoms with van der Waals surface area (Å²) in [5.41, 5.74) is 0.0335. The molecule has 0 aliphatic heterocycles. The van der Waals surface area contributed by atoms with E-state index >= 15 is 0 Å². The molecule has 0 spiro atoms. The van der Waals surface area contributed by atoms with Crippen LogP contribution in [0, 0.1) is 10.1 Å². The molecule has 0 aliphatic rings. The molecule has 21 heavy (non-hydrogen) atoms. The fraction of sp³-hybridized carbons (Fsp3) is 0.385. The first-order valence-electron chi connectivity index (χ1n) is 6.28. The Labute approximate surface area is 120 Å². The molecule has 0 saturated carbocycles. The van der Waals surface area contributed by atoms with E-state index in [0.29, 0.717) is 19.4 Å². The number of carbonyl (C=O) groups excluding carboxylic acids is 1. The number of nitrogens with one attached hydrogen (secondary N) is 1. The first-order chi connectivity index (χ1) is 9.95. The molecule has 0 saturated heterocycles. The number of ether oxygens (including phenoxy) is 1. The summed E-state index contributed by atoms with van der Waals surface area (Å²) in [6.45, 7) is 0.326. The lowest BCUT2D eigenvalue weighted by atomic mass is 10.1. The van der Waals surface area contributed by atoms with Crippen molar-refractivity contribution in [1.29, 1.82) is 0 Å². The summed E-state index contributed by atoms with van der Waals surface area (Å²) in [7, 11) is 1.32. The van der Waals surface area contributed by atoms with Gasteiger partial charge in [-0.1, -0.05) is 0 Å². The fourth-order valence-corrected chi connectivity index (χ4v) is 1.68. The Bertz CT molecular complexity index is 543. The fourth-order valence-electron chi connectivity index (χ4n) is 1.68. The van der Waals surface area contributed by atoms with Gasteiger partial charge in [0.2, 0.25) is 0 Å². The van der Waals surface area contributed by atoms with Crippen molar-refractivity contribution in [1.82, 2.24) is 5.32 Å². The Morgan fingerprint density at radius 2 is 2.10 bits per heavy atom. The molecule has 0 aromatic heterocycles. The van der Waals surface area contributed by atoms with Gasteiger partial charge in [-0.05, 0) is 18.9 Å². The van der Waals surface area contributed by atoms with E-state index < -0.39 is 16.8 Å². The Morgan fingerprint density at radius 1 is 1.38 bits per heavy atom. The highest BCUT2D eigenvalue weighted by Crippen LogP contribution is 2.24. The maximum Gasteiger partial charge on any atom is 0.303 e. The van der Waals surface area contributed by atoms with Gasteiger partial charge in [0.1, 0.15) is 5.75 Å². The monoisotopic (exact) mass is 296 g/mol. The Hall–Kier alpha value is -2.64. The number of amides is 1. The number of unbranched alkanes of at least 4 members (excludes halogenated alkanes) is 1. The predicted molar refractivity (Wildman–Crippen MR) is 73.5 cm³/mol. The van der Waals surface area contributed by atoms with Gasteiger partial charge in [-0.15, -0.1) is 0 Å². The van der Waals surface area contributed by atoms with Crippen LogP contribution >= 0.6 is 0 Å². The third-order valence-corrected chi connectivity index (χ3v) is 2.74. The maximum atomic E-state index is 11.9. The standard InChI is InChI=1S/C13H16N2O6/c1-21-11-8-9(15(19)20)5-6-10(11)13(18)14-7-3-2-4-12(16)17/h5-6,8H,2-4,7H2,1H3,(H,14,18)(H,16,17). The third kappa shape index (κ3) is 5.09. The van der Waals surface area contributed by atoms with E-state index in [1.807, 2.05) is 0 Å². The van der Waals surface area contributed by atoms with Crippen LogP contribution in [0.15, 0.2) is 18.2 Å². The van der Waals surface area contributed by atoms with Crippen molar-refractivity contribution in [2.24, 2.45) is 0 Å². The molecule has 1 amide bonds. The van der Waals surface area contributed by atoms with Gasteiger partial charge in [-0.3, -0.25) is 19.7 Å². The SMILES string of the molecule is COc1cc([N+](=O)[O-])ccc1C(=O)NCCCCC(=O)O. The van der Waals surface area contributed by atoms with Gasteiger partial charge in [-0.25, -0.2) is 0 Å². The van der Waals surface area contributed by atoms with Crippen molar-refractivity contribution in [3.63, 3.8) is 0 Å². The number of hydrogen-bond donors (Lipinski definition) is 2. The molecule has 8 nitrogen and oxygen atoms in total. The third-order valence-electron chi connectivity index (χ3n) is 2.74. The van der Waals surface area contributed by atoms with Crippen LogP contribution in [0.5, 0.6) is 5.75 Å². The number of carboxylic acids is 1. The van der Waals surface area contributed by atoms with E-state index in [1.165, 1.54) is 25.3 Å². The first-order valence-corrected chi connectivity index (χ1v) is 6.28. The molecule has 0 fully saturated rings. The van der Waals surface area contributed by atoms with Crippen LogP contribution < -0.4 is 10.1 Å². The molecule has 2 N–H and O–H groups in total. The molecule has 0 radical (unpaired) electrons. The van der Waals surface area contributed by atoms with Gasteiger partial charge < -0.3 is 15.2 Å². The van der Waals surface area contributed by atoms with Gasteiger partial charge in [-0.2, -0.15) is 0 Å². The molecule has 1 rings (SSSR count). The topological polar surface area (TPSA) is 119 Å². The largest absolute Gasteiger partial charge is 0.496 e. The van der Waals surface area contributed by atoms with Gasteiger partial charge in [0.25, 0.3) is 11.6 Å². The number of benzene rings is 1. The molecular weight excluding hydrogens is 280 g/mol. The lowest BCUT2D eigenvalue weighted by molar-refractivity contribution is -0.384. The number of carboxylic acid groups (broad SMARTS) is 1. The zero-order chi connectivity index (χ0) is 15.8. The van der Waals surface area contributed by atoms with Crippen molar-refractivity contribution in [3.05, 3.63) is 33.9 Å². The van der Waals surface area contributed by atoms with Crippen molar-refractivity contribution < 1.29 is 24.4 Å². The summed E-state index contributed by atoms with van der Waals surface area (Å²) in [6.07, 6.45) is 1.05. The molecule has 0 bridgehead atoms. The Balaban J connectivity index is 2.61. The summed E-state index contributed by atoms with van der Waals surface area (Å²) in [5.74, 6) is -1.18. The minimum atomic E-state index is -0.877. The van der Waals surface area contributed by atoms with E-state index in [-0.39, 0.29) is 23.4 Å². The van der Waals surface area contributed by atoms with E-state index in [9.17, 15) is 19.7 Å². The number of hydrogen-bond acceptors (Lipinski definition) is 5. The van der Waals surface area contributed by atoms with E-state index in [2.05, 4.69) is 5.32 Å². The number of rotatable bonds is 8. The molecule has 0 heterocycles. The van der Waals surface area contributed by atoms with Crippen LogP contribution in [0.4, 0.5) is 5.69 Å². The van der Waals surface area contributed by atoms with Crippen LogP contribution in [0.1, 0.15) is 29.6 Å². The second kappa shape index (κ2) is 7.83.